The topological polar surface area (TPSA) is 49.9 Å². The van der Waals surface area contributed by atoms with Gasteiger partial charge in [-0.15, -0.1) is 0 Å². The van der Waals surface area contributed by atoms with Crippen molar-refractivity contribution in [2.24, 2.45) is 0 Å². The summed E-state index contributed by atoms with van der Waals surface area (Å²) >= 11 is 0. The van der Waals surface area contributed by atoms with Crippen molar-refractivity contribution in [1.82, 2.24) is 9.80 Å². The predicted octanol–water partition coefficient (Wildman–Crippen LogP) is 4.26. The maximum Gasteiger partial charge on any atom is 0.410 e. The number of nitrogens with zero attached hydrogens (tertiary/aromatic N) is 2. The lowest BCUT2D eigenvalue weighted by Gasteiger charge is -2.33. The third-order valence-electron chi connectivity index (χ3n) is 7.12. The van der Waals surface area contributed by atoms with Crippen molar-refractivity contribution in [3.05, 3.63) is 71.5 Å². The van der Waals surface area contributed by atoms with E-state index in [0.29, 0.717) is 32.6 Å². The minimum atomic E-state index is -0.650. The zero-order valence-corrected chi connectivity index (χ0v) is 17.6. The van der Waals surface area contributed by atoms with Crippen LogP contribution in [-0.4, -0.2) is 47.0 Å². The summed E-state index contributed by atoms with van der Waals surface area (Å²) < 4.78 is 19.0. The van der Waals surface area contributed by atoms with Gasteiger partial charge in [0, 0.05) is 19.5 Å². The second kappa shape index (κ2) is 7.66. The normalized spacial score (nSPS) is 24.7. The summed E-state index contributed by atoms with van der Waals surface area (Å²) in [6.45, 7) is 1.87. The quantitative estimate of drug-likeness (QED) is 0.740. The molecule has 1 atom stereocenters. The number of hydrogen-bond donors (Lipinski definition) is 0. The molecule has 0 N–H and O–H groups in total. The van der Waals surface area contributed by atoms with Crippen molar-refractivity contribution < 1.29 is 18.7 Å². The van der Waals surface area contributed by atoms with Gasteiger partial charge in [0.25, 0.3) is 0 Å². The monoisotopic (exact) mass is 422 g/mol. The van der Waals surface area contributed by atoms with Crippen LogP contribution < -0.4 is 0 Å². The lowest BCUT2D eigenvalue weighted by Crippen LogP contribution is -2.47. The molecule has 1 spiro atoms. The second-order valence-electron chi connectivity index (χ2n) is 9.17. The molecular formula is C25H27FN2O3. The standard InChI is InChI=1S/C25H27FN2O3/c26-21-10-8-19(9-11-21)16-28-18-24(31-23(28)30)14-15-27(17-24)22(29)25(12-4-5-13-25)20-6-2-1-3-7-20/h1-3,6-11H,4-5,12-18H2. The van der Waals surface area contributed by atoms with Gasteiger partial charge in [-0.2, -0.15) is 0 Å². The van der Waals surface area contributed by atoms with Crippen LogP contribution in [0.4, 0.5) is 9.18 Å². The summed E-state index contributed by atoms with van der Waals surface area (Å²) in [6, 6.07) is 16.3. The van der Waals surface area contributed by atoms with E-state index < -0.39 is 11.0 Å². The van der Waals surface area contributed by atoms with Gasteiger partial charge in [0.05, 0.1) is 18.5 Å². The SMILES string of the molecule is O=C1OC2(CCN(C(=O)C3(c4ccccc4)CCCC3)C2)CN1Cc1ccc(F)cc1. The molecule has 6 heteroatoms. The summed E-state index contributed by atoms with van der Waals surface area (Å²) in [4.78, 5) is 29.8. The van der Waals surface area contributed by atoms with Crippen LogP contribution in [0.5, 0.6) is 0 Å². The molecule has 162 valence electrons. The highest BCUT2D eigenvalue weighted by Gasteiger charge is 2.53. The van der Waals surface area contributed by atoms with Crippen LogP contribution in [0.3, 0.4) is 0 Å². The third-order valence-corrected chi connectivity index (χ3v) is 7.12. The number of benzene rings is 2. The molecule has 0 bridgehead atoms. The van der Waals surface area contributed by atoms with Crippen molar-refractivity contribution in [3.8, 4) is 0 Å². The molecule has 2 amide bonds. The molecule has 1 unspecified atom stereocenters. The van der Waals surface area contributed by atoms with Gasteiger partial charge in [0.15, 0.2) is 5.60 Å². The van der Waals surface area contributed by atoms with E-state index in [1.807, 2.05) is 23.1 Å². The molecule has 31 heavy (non-hydrogen) atoms. The number of amides is 2. The van der Waals surface area contributed by atoms with Crippen LogP contribution >= 0.6 is 0 Å². The lowest BCUT2D eigenvalue weighted by molar-refractivity contribution is -0.137. The Morgan fingerprint density at radius 3 is 2.39 bits per heavy atom. The molecule has 2 aromatic carbocycles. The highest BCUT2D eigenvalue weighted by Crippen LogP contribution is 2.44. The molecule has 0 radical (unpaired) electrons. The van der Waals surface area contributed by atoms with E-state index in [9.17, 15) is 14.0 Å². The number of halogens is 1. The highest BCUT2D eigenvalue weighted by molar-refractivity contribution is 5.89. The maximum atomic E-state index is 13.7. The number of rotatable bonds is 4. The average molecular weight is 423 g/mol. The molecule has 3 fully saturated rings. The summed E-state index contributed by atoms with van der Waals surface area (Å²) in [5, 5.41) is 0. The van der Waals surface area contributed by atoms with E-state index in [0.717, 1.165) is 36.8 Å². The minimum Gasteiger partial charge on any atom is -0.439 e. The van der Waals surface area contributed by atoms with E-state index >= 15 is 0 Å². The fourth-order valence-corrected chi connectivity index (χ4v) is 5.52. The van der Waals surface area contributed by atoms with Crippen LogP contribution in [0.1, 0.15) is 43.2 Å². The molecule has 2 aliphatic heterocycles. The predicted molar refractivity (Wildman–Crippen MR) is 114 cm³/mol. The number of likely N-dealkylation sites (tertiary alicyclic amines) is 1. The zero-order chi connectivity index (χ0) is 21.5. The van der Waals surface area contributed by atoms with Gasteiger partial charge in [-0.3, -0.25) is 9.69 Å². The number of carbonyl (C=O) groups excluding carboxylic acids is 2. The van der Waals surface area contributed by atoms with Crippen LogP contribution in [0.2, 0.25) is 0 Å². The zero-order valence-electron chi connectivity index (χ0n) is 17.6. The van der Waals surface area contributed by atoms with Crippen LogP contribution in [0.15, 0.2) is 54.6 Å². The summed E-state index contributed by atoms with van der Waals surface area (Å²) in [6.07, 6.45) is 4.14. The number of hydrogen-bond acceptors (Lipinski definition) is 3. The Bertz CT molecular complexity index is 972. The van der Waals surface area contributed by atoms with Crippen molar-refractivity contribution in [2.75, 3.05) is 19.6 Å². The smallest absolute Gasteiger partial charge is 0.410 e. The van der Waals surface area contributed by atoms with Gasteiger partial charge in [0.1, 0.15) is 5.82 Å². The van der Waals surface area contributed by atoms with Crippen molar-refractivity contribution in [1.29, 1.82) is 0 Å². The minimum absolute atomic E-state index is 0.168. The third kappa shape index (κ3) is 3.58. The first-order valence-electron chi connectivity index (χ1n) is 11.1. The molecule has 2 aromatic rings. The Morgan fingerprint density at radius 2 is 1.68 bits per heavy atom. The molecule has 2 heterocycles. The summed E-state index contributed by atoms with van der Waals surface area (Å²) in [5.41, 5.74) is 0.849. The Labute approximate surface area is 181 Å². The fraction of sp³-hybridized carbons (Fsp3) is 0.440. The Morgan fingerprint density at radius 1 is 0.968 bits per heavy atom. The van der Waals surface area contributed by atoms with E-state index in [-0.39, 0.29) is 17.8 Å². The maximum absolute atomic E-state index is 13.7. The van der Waals surface area contributed by atoms with E-state index in [2.05, 4.69) is 12.1 Å². The molecular weight excluding hydrogens is 395 g/mol. The first kappa shape index (κ1) is 20.0. The van der Waals surface area contributed by atoms with E-state index in [4.69, 9.17) is 4.74 Å². The van der Waals surface area contributed by atoms with Crippen LogP contribution in [-0.2, 0) is 21.5 Å². The highest BCUT2D eigenvalue weighted by atomic mass is 19.1. The summed E-state index contributed by atoms with van der Waals surface area (Å²) in [5.74, 6) is -0.130. The first-order chi connectivity index (χ1) is 15.0. The Balaban J connectivity index is 1.31. The Hall–Kier alpha value is -2.89. The van der Waals surface area contributed by atoms with E-state index in [1.165, 1.54) is 12.1 Å². The van der Waals surface area contributed by atoms with Crippen LogP contribution in [0, 0.1) is 5.82 Å². The van der Waals surface area contributed by atoms with Gasteiger partial charge in [0.2, 0.25) is 5.91 Å². The van der Waals surface area contributed by atoms with Gasteiger partial charge in [-0.05, 0) is 36.1 Å². The van der Waals surface area contributed by atoms with E-state index in [1.54, 1.807) is 17.0 Å². The van der Waals surface area contributed by atoms with Gasteiger partial charge in [-0.25, -0.2) is 9.18 Å². The number of ether oxygens (including phenoxy) is 1. The second-order valence-corrected chi connectivity index (χ2v) is 9.17. The van der Waals surface area contributed by atoms with Crippen molar-refractivity contribution in [3.63, 3.8) is 0 Å². The molecule has 1 saturated carbocycles. The Kier molecular flexibility index (Phi) is 4.95. The van der Waals surface area contributed by atoms with Crippen LogP contribution in [0.25, 0.3) is 0 Å². The molecule has 0 aromatic heterocycles. The first-order valence-corrected chi connectivity index (χ1v) is 11.1. The molecule has 2 saturated heterocycles. The number of carbonyl (C=O) groups is 2. The average Bonchev–Trinajstić information content (AvgIpc) is 3.50. The largest absolute Gasteiger partial charge is 0.439 e. The van der Waals surface area contributed by atoms with Gasteiger partial charge >= 0.3 is 6.09 Å². The summed E-state index contributed by atoms with van der Waals surface area (Å²) in [7, 11) is 0. The van der Waals surface area contributed by atoms with Gasteiger partial charge in [-0.1, -0.05) is 55.3 Å². The molecule has 3 aliphatic rings. The lowest BCUT2D eigenvalue weighted by atomic mass is 9.77. The van der Waals surface area contributed by atoms with Gasteiger partial charge < -0.3 is 9.64 Å². The molecule has 5 rings (SSSR count). The molecule has 1 aliphatic carbocycles. The molecule has 5 nitrogen and oxygen atoms in total. The van der Waals surface area contributed by atoms with Crippen molar-refractivity contribution in [2.45, 2.75) is 49.7 Å². The fourth-order valence-electron chi connectivity index (χ4n) is 5.52. The van der Waals surface area contributed by atoms with Crippen molar-refractivity contribution >= 4 is 12.0 Å².